The Morgan fingerprint density at radius 3 is 2.77 bits per heavy atom. The van der Waals surface area contributed by atoms with Crippen LogP contribution in [0, 0.1) is 11.1 Å². The summed E-state index contributed by atoms with van der Waals surface area (Å²) in [6.45, 7) is 7.78. The number of aromatic nitrogens is 2. The molecule has 1 aromatic rings. The van der Waals surface area contributed by atoms with Crippen molar-refractivity contribution in [2.24, 2.45) is 10.9 Å². The third-order valence-electron chi connectivity index (χ3n) is 7.12. The van der Waals surface area contributed by atoms with Crippen LogP contribution < -0.4 is 15.5 Å². The summed E-state index contributed by atoms with van der Waals surface area (Å²) in [6, 6.07) is 0.309. The van der Waals surface area contributed by atoms with Crippen molar-refractivity contribution >= 4 is 11.5 Å². The summed E-state index contributed by atoms with van der Waals surface area (Å²) in [5, 5.41) is 20.8. The lowest BCUT2D eigenvalue weighted by Crippen LogP contribution is -2.52. The molecule has 5 rings (SSSR count). The normalized spacial score (nSPS) is 31.3. The van der Waals surface area contributed by atoms with Gasteiger partial charge in [-0.3, -0.25) is 5.32 Å². The maximum absolute atomic E-state index is 14.1. The molecule has 3 atom stereocenters. The number of hydroxylamine groups is 3. The Morgan fingerprint density at radius 1 is 1.19 bits per heavy atom. The molecule has 5 heterocycles. The van der Waals surface area contributed by atoms with Gasteiger partial charge < -0.3 is 25.0 Å². The molecule has 0 bridgehead atoms. The number of anilines is 1. The number of nitrogens with one attached hydrogen (secondary N) is 2. The molecule has 9 heteroatoms. The van der Waals surface area contributed by atoms with Crippen LogP contribution in [0.5, 0.6) is 0 Å². The van der Waals surface area contributed by atoms with Crippen molar-refractivity contribution < 1.29 is 4.65 Å². The molecule has 1 aromatic heterocycles. The number of piperidine rings is 1. The number of nitrogens with zero attached hydrogens (tertiary/aromatic N) is 6. The van der Waals surface area contributed by atoms with Gasteiger partial charge in [0.15, 0.2) is 6.29 Å². The van der Waals surface area contributed by atoms with E-state index in [1.165, 1.54) is 0 Å². The summed E-state index contributed by atoms with van der Waals surface area (Å²) < 4.78 is -0.126. The molecule has 0 spiro atoms. The Kier molecular flexibility index (Phi) is 5.81. The first kappa shape index (κ1) is 20.7. The fraction of sp³-hybridized carbons (Fsp3) is 0.682. The second-order valence-corrected chi connectivity index (χ2v) is 9.35. The molecule has 3 saturated heterocycles. The molecule has 0 radical (unpaired) electrons. The summed E-state index contributed by atoms with van der Waals surface area (Å²) in [4.78, 5) is 18.0. The minimum atomic E-state index is -0.126. The Balaban J connectivity index is 1.27. The van der Waals surface area contributed by atoms with Crippen molar-refractivity contribution in [2.75, 3.05) is 50.7 Å². The highest BCUT2D eigenvalue weighted by Crippen LogP contribution is 2.32. The van der Waals surface area contributed by atoms with Gasteiger partial charge in [0.05, 0.1) is 42.8 Å². The molecule has 9 nitrogen and oxygen atoms in total. The topological polar surface area (TPSA) is 91.7 Å². The maximum atomic E-state index is 14.1. The van der Waals surface area contributed by atoms with Crippen molar-refractivity contribution in [2.45, 2.75) is 44.9 Å². The smallest absolute Gasteiger partial charge is 0.175 e. The van der Waals surface area contributed by atoms with Crippen LogP contribution >= 0.6 is 0 Å². The predicted octanol–water partition coefficient (Wildman–Crippen LogP) is 1.26. The fourth-order valence-electron chi connectivity index (χ4n) is 5.66. The number of hydrogen-bond donors (Lipinski definition) is 2. The molecule has 0 amide bonds. The highest BCUT2D eigenvalue weighted by Gasteiger charge is 2.41. The van der Waals surface area contributed by atoms with Crippen LogP contribution in [0.15, 0.2) is 35.5 Å². The van der Waals surface area contributed by atoms with Crippen molar-refractivity contribution in [3.8, 4) is 0 Å². The molecule has 2 N–H and O–H groups in total. The fourth-order valence-corrected chi connectivity index (χ4v) is 5.66. The molecule has 4 aliphatic rings. The van der Waals surface area contributed by atoms with Gasteiger partial charge in [0.2, 0.25) is 0 Å². The SMILES string of the molecule is CCN[C@@H]1N=C2C(=CN1)C[N+]([O-])(CC1CCN(c3cncnc3)CC1)CC1CCCN21. The van der Waals surface area contributed by atoms with E-state index in [4.69, 9.17) is 4.99 Å². The molecule has 2 unspecified atom stereocenters. The highest BCUT2D eigenvalue weighted by atomic mass is 16.5. The molecular weight excluding hydrogens is 392 g/mol. The van der Waals surface area contributed by atoms with Gasteiger partial charge in [-0.1, -0.05) is 6.92 Å². The maximum Gasteiger partial charge on any atom is 0.175 e. The van der Waals surface area contributed by atoms with E-state index >= 15 is 0 Å². The zero-order valence-corrected chi connectivity index (χ0v) is 18.4. The van der Waals surface area contributed by atoms with Crippen molar-refractivity contribution in [3.63, 3.8) is 0 Å². The lowest BCUT2D eigenvalue weighted by molar-refractivity contribution is -0.880. The van der Waals surface area contributed by atoms with Gasteiger partial charge in [-0.05, 0) is 32.2 Å². The van der Waals surface area contributed by atoms with Crippen LogP contribution in [0.2, 0.25) is 0 Å². The first-order chi connectivity index (χ1) is 15.1. The Morgan fingerprint density at radius 2 is 2.00 bits per heavy atom. The van der Waals surface area contributed by atoms with E-state index in [0.29, 0.717) is 31.6 Å². The van der Waals surface area contributed by atoms with E-state index in [-0.39, 0.29) is 10.9 Å². The Hall–Kier alpha value is -2.23. The third-order valence-corrected chi connectivity index (χ3v) is 7.12. The van der Waals surface area contributed by atoms with Gasteiger partial charge in [0.25, 0.3) is 0 Å². The Labute approximate surface area is 184 Å². The Bertz CT molecular complexity index is 822. The van der Waals surface area contributed by atoms with Gasteiger partial charge in [0, 0.05) is 31.8 Å². The summed E-state index contributed by atoms with van der Waals surface area (Å²) in [5.74, 6) is 1.50. The second-order valence-electron chi connectivity index (χ2n) is 9.35. The van der Waals surface area contributed by atoms with Crippen LogP contribution in [0.25, 0.3) is 0 Å². The van der Waals surface area contributed by atoms with Crippen LogP contribution in [-0.4, -0.2) is 83.5 Å². The average Bonchev–Trinajstić information content (AvgIpc) is 3.19. The molecule has 0 aliphatic carbocycles. The van der Waals surface area contributed by atoms with Crippen LogP contribution in [0.3, 0.4) is 0 Å². The van der Waals surface area contributed by atoms with E-state index < -0.39 is 0 Å². The standard InChI is InChI=1S/C22H34N8O/c1-2-25-22-26-10-18-14-30(31,15-19-4-3-7-29(19)21(18)27-22)13-17-5-8-28(9-6-17)20-11-23-16-24-12-20/h10-12,16-17,19,22,25-26H,2-9,13-15H2,1H3/t19?,22-,30?/m0/s1. The average molecular weight is 427 g/mol. The van der Waals surface area contributed by atoms with E-state index in [1.807, 2.05) is 18.6 Å². The van der Waals surface area contributed by atoms with E-state index in [9.17, 15) is 5.21 Å². The molecule has 168 valence electrons. The van der Waals surface area contributed by atoms with E-state index in [0.717, 1.165) is 69.0 Å². The number of aliphatic imine (C=N–C) groups is 1. The lowest BCUT2D eigenvalue weighted by Gasteiger charge is -2.47. The van der Waals surface area contributed by atoms with Crippen LogP contribution in [-0.2, 0) is 0 Å². The molecule has 4 aliphatic heterocycles. The van der Waals surface area contributed by atoms with Crippen LogP contribution in [0.1, 0.15) is 32.6 Å². The molecule has 31 heavy (non-hydrogen) atoms. The quantitative estimate of drug-likeness (QED) is 0.541. The number of quaternary nitrogens is 1. The van der Waals surface area contributed by atoms with E-state index in [1.54, 1.807) is 6.33 Å². The van der Waals surface area contributed by atoms with Gasteiger partial charge in [-0.25, -0.2) is 15.0 Å². The number of hydrogen-bond acceptors (Lipinski definition) is 8. The largest absolute Gasteiger partial charge is 0.632 e. The summed E-state index contributed by atoms with van der Waals surface area (Å²) in [5.41, 5.74) is 2.16. The van der Waals surface area contributed by atoms with Gasteiger partial charge in [-0.2, -0.15) is 0 Å². The van der Waals surface area contributed by atoms with Crippen LogP contribution in [0.4, 0.5) is 5.69 Å². The molecule has 3 fully saturated rings. The molecule has 0 aromatic carbocycles. The zero-order chi connectivity index (χ0) is 21.3. The number of rotatable bonds is 5. The summed E-state index contributed by atoms with van der Waals surface area (Å²) in [7, 11) is 0. The van der Waals surface area contributed by atoms with Gasteiger partial charge in [-0.15, -0.1) is 0 Å². The first-order valence-electron chi connectivity index (χ1n) is 11.7. The van der Waals surface area contributed by atoms with Crippen molar-refractivity contribution in [1.82, 2.24) is 25.5 Å². The summed E-state index contributed by atoms with van der Waals surface area (Å²) in [6.07, 6.45) is 11.6. The first-order valence-corrected chi connectivity index (χ1v) is 11.7. The van der Waals surface area contributed by atoms with Gasteiger partial charge >= 0.3 is 0 Å². The minimum Gasteiger partial charge on any atom is -0.632 e. The second kappa shape index (κ2) is 8.72. The zero-order valence-electron chi connectivity index (χ0n) is 18.4. The van der Waals surface area contributed by atoms with Crippen molar-refractivity contribution in [3.05, 3.63) is 35.7 Å². The number of amidine groups is 1. The van der Waals surface area contributed by atoms with Gasteiger partial charge in [0.1, 0.15) is 18.7 Å². The lowest BCUT2D eigenvalue weighted by atomic mass is 9.95. The summed E-state index contributed by atoms with van der Waals surface area (Å²) >= 11 is 0. The monoisotopic (exact) mass is 426 g/mol. The molecule has 0 saturated carbocycles. The van der Waals surface area contributed by atoms with E-state index in [2.05, 4.69) is 37.3 Å². The third kappa shape index (κ3) is 4.40. The number of fused-ring (bicyclic) bond motifs is 3. The predicted molar refractivity (Wildman–Crippen MR) is 121 cm³/mol. The highest BCUT2D eigenvalue weighted by molar-refractivity contribution is 5.99. The minimum absolute atomic E-state index is 0.0945. The molecular formula is C22H34N8O. The van der Waals surface area contributed by atoms with Crippen molar-refractivity contribution in [1.29, 1.82) is 0 Å².